The maximum atomic E-state index is 11.9. The molecule has 0 saturated carbocycles. The topological polar surface area (TPSA) is 88.6 Å². The highest BCUT2D eigenvalue weighted by molar-refractivity contribution is 8.04. The van der Waals surface area contributed by atoms with Gasteiger partial charge in [-0.15, -0.1) is 3.71 Å². The molecular formula is C9H10ClNO5S2. The molecule has 1 aromatic carbocycles. The Morgan fingerprint density at radius 3 is 1.72 bits per heavy atom. The molecule has 0 saturated heterocycles. The van der Waals surface area contributed by atoms with Crippen LogP contribution < -0.4 is 0 Å². The molecule has 18 heavy (non-hydrogen) atoms. The van der Waals surface area contributed by atoms with Crippen molar-refractivity contribution in [1.29, 1.82) is 0 Å². The highest BCUT2D eigenvalue weighted by Crippen LogP contribution is 2.15. The number of rotatable bonds is 3. The SMILES string of the molecule is CS(=O)(=O)N(C(=O)c1ccc(Cl)cc1)S(C)(=O)=O. The van der Waals surface area contributed by atoms with Crippen molar-refractivity contribution in [3.05, 3.63) is 34.9 Å². The van der Waals surface area contributed by atoms with Crippen LogP contribution in [0.15, 0.2) is 24.3 Å². The maximum Gasteiger partial charge on any atom is 0.281 e. The van der Waals surface area contributed by atoms with Gasteiger partial charge in [-0.1, -0.05) is 11.6 Å². The molecule has 0 N–H and O–H groups in total. The first-order valence-corrected chi connectivity index (χ1v) is 8.61. The summed E-state index contributed by atoms with van der Waals surface area (Å²) in [6.07, 6.45) is 1.28. The van der Waals surface area contributed by atoms with E-state index in [-0.39, 0.29) is 9.27 Å². The molecule has 0 aromatic heterocycles. The van der Waals surface area contributed by atoms with E-state index in [1.54, 1.807) is 0 Å². The van der Waals surface area contributed by atoms with E-state index in [9.17, 15) is 21.6 Å². The van der Waals surface area contributed by atoms with Crippen LogP contribution in [-0.2, 0) is 20.0 Å². The monoisotopic (exact) mass is 311 g/mol. The summed E-state index contributed by atoms with van der Waals surface area (Å²) < 4.78 is 45.3. The van der Waals surface area contributed by atoms with E-state index < -0.39 is 26.0 Å². The van der Waals surface area contributed by atoms with Crippen LogP contribution in [0.25, 0.3) is 0 Å². The van der Waals surface area contributed by atoms with Gasteiger partial charge in [-0.05, 0) is 24.3 Å². The molecule has 0 aliphatic heterocycles. The lowest BCUT2D eigenvalue weighted by atomic mass is 10.2. The average Bonchev–Trinajstić information content (AvgIpc) is 2.13. The fourth-order valence-electron chi connectivity index (χ4n) is 1.25. The standard InChI is InChI=1S/C9H10ClNO5S2/c1-17(13,14)11(18(2,15)16)9(12)7-3-5-8(10)6-4-7/h3-6H,1-2H3. The van der Waals surface area contributed by atoms with Crippen molar-refractivity contribution in [2.75, 3.05) is 12.5 Å². The summed E-state index contributed by atoms with van der Waals surface area (Å²) in [7, 11) is -8.43. The summed E-state index contributed by atoms with van der Waals surface area (Å²) in [5, 5.41) is 0.344. The Morgan fingerprint density at radius 1 is 1.00 bits per heavy atom. The number of sulfonamides is 2. The molecule has 0 heterocycles. The third-order valence-corrected chi connectivity index (χ3v) is 5.27. The lowest BCUT2D eigenvalue weighted by Gasteiger charge is -2.17. The highest BCUT2D eigenvalue weighted by Gasteiger charge is 2.33. The smallest absolute Gasteiger partial charge is 0.267 e. The molecule has 0 unspecified atom stereocenters. The van der Waals surface area contributed by atoms with Gasteiger partial charge in [0.15, 0.2) is 0 Å². The fraction of sp³-hybridized carbons (Fsp3) is 0.222. The zero-order valence-corrected chi connectivity index (χ0v) is 11.9. The molecule has 0 spiro atoms. The quantitative estimate of drug-likeness (QED) is 0.820. The van der Waals surface area contributed by atoms with Crippen molar-refractivity contribution in [3.63, 3.8) is 0 Å². The van der Waals surface area contributed by atoms with Crippen LogP contribution in [-0.4, -0.2) is 39.0 Å². The summed E-state index contributed by atoms with van der Waals surface area (Å²) in [6.45, 7) is 0. The van der Waals surface area contributed by atoms with Gasteiger partial charge in [0.2, 0.25) is 20.0 Å². The number of carbonyl (C=O) groups is 1. The molecule has 0 fully saturated rings. The summed E-state index contributed by atoms with van der Waals surface area (Å²) >= 11 is 5.61. The largest absolute Gasteiger partial charge is 0.281 e. The number of nitrogens with zero attached hydrogens (tertiary/aromatic N) is 1. The third kappa shape index (κ3) is 3.44. The summed E-state index contributed by atoms with van der Waals surface area (Å²) in [5.41, 5.74) is -0.0877. The minimum absolute atomic E-state index is 0.0877. The second-order valence-corrected chi connectivity index (χ2v) is 7.87. The van der Waals surface area contributed by atoms with Crippen molar-refractivity contribution < 1.29 is 21.6 Å². The van der Waals surface area contributed by atoms with E-state index in [1.165, 1.54) is 24.3 Å². The Kier molecular flexibility index (Phi) is 4.04. The average molecular weight is 312 g/mol. The van der Waals surface area contributed by atoms with Gasteiger partial charge in [-0.25, -0.2) is 16.8 Å². The molecule has 6 nitrogen and oxygen atoms in total. The predicted molar refractivity (Wildman–Crippen MR) is 67.3 cm³/mol. The van der Waals surface area contributed by atoms with Crippen molar-refractivity contribution in [3.8, 4) is 0 Å². The number of carbonyl (C=O) groups excluding carboxylic acids is 1. The molecular weight excluding hydrogens is 302 g/mol. The van der Waals surface area contributed by atoms with Crippen molar-refractivity contribution in [2.24, 2.45) is 0 Å². The summed E-state index contributed by atoms with van der Waals surface area (Å²) in [6, 6.07) is 5.21. The van der Waals surface area contributed by atoms with Crippen LogP contribution in [0, 0.1) is 0 Å². The third-order valence-electron chi connectivity index (χ3n) is 1.86. The van der Waals surface area contributed by atoms with Crippen LogP contribution in [0.3, 0.4) is 0 Å². The van der Waals surface area contributed by atoms with E-state index in [4.69, 9.17) is 11.6 Å². The van der Waals surface area contributed by atoms with Crippen LogP contribution in [0.5, 0.6) is 0 Å². The Labute approximate surface area is 110 Å². The Bertz CT molecular complexity index is 631. The number of benzene rings is 1. The minimum atomic E-state index is -4.22. The number of hydrogen-bond donors (Lipinski definition) is 0. The van der Waals surface area contributed by atoms with Crippen LogP contribution in [0.2, 0.25) is 5.02 Å². The van der Waals surface area contributed by atoms with Gasteiger partial charge in [0.25, 0.3) is 5.91 Å². The minimum Gasteiger partial charge on any atom is -0.267 e. The molecule has 0 aliphatic rings. The van der Waals surface area contributed by atoms with Gasteiger partial charge in [0.05, 0.1) is 12.5 Å². The molecule has 0 aliphatic carbocycles. The Morgan fingerprint density at radius 2 is 1.39 bits per heavy atom. The van der Waals surface area contributed by atoms with Crippen LogP contribution in [0.1, 0.15) is 10.4 Å². The predicted octanol–water partition coefficient (Wildman–Crippen LogP) is 0.701. The second kappa shape index (κ2) is 4.87. The molecule has 0 bridgehead atoms. The molecule has 1 aromatic rings. The molecule has 1 rings (SSSR count). The summed E-state index contributed by atoms with van der Waals surface area (Å²) in [4.78, 5) is 11.9. The zero-order chi connectivity index (χ0) is 14.1. The van der Waals surface area contributed by atoms with E-state index in [2.05, 4.69) is 0 Å². The van der Waals surface area contributed by atoms with Crippen LogP contribution >= 0.6 is 11.6 Å². The van der Waals surface area contributed by atoms with Crippen molar-refractivity contribution in [1.82, 2.24) is 3.71 Å². The number of amides is 1. The highest BCUT2D eigenvalue weighted by atomic mass is 35.5. The van der Waals surface area contributed by atoms with Gasteiger partial charge < -0.3 is 0 Å². The molecule has 9 heteroatoms. The van der Waals surface area contributed by atoms with Crippen molar-refractivity contribution in [2.45, 2.75) is 0 Å². The molecule has 0 radical (unpaired) electrons. The first-order valence-electron chi connectivity index (χ1n) is 4.54. The summed E-state index contributed by atoms with van der Waals surface area (Å²) in [5.74, 6) is -1.14. The van der Waals surface area contributed by atoms with Crippen molar-refractivity contribution >= 4 is 37.6 Å². The van der Waals surface area contributed by atoms with E-state index in [0.717, 1.165) is 0 Å². The number of halogens is 1. The normalized spacial score (nSPS) is 12.2. The van der Waals surface area contributed by atoms with E-state index >= 15 is 0 Å². The van der Waals surface area contributed by atoms with Gasteiger partial charge >= 0.3 is 0 Å². The number of hydrogen-bond acceptors (Lipinski definition) is 5. The fourth-order valence-corrected chi connectivity index (χ4v) is 4.15. The Hall–Kier alpha value is -1.12. The lowest BCUT2D eigenvalue weighted by Crippen LogP contribution is -2.40. The first kappa shape index (κ1) is 14.9. The van der Waals surface area contributed by atoms with Gasteiger partial charge in [-0.3, -0.25) is 4.79 Å². The molecule has 0 atom stereocenters. The van der Waals surface area contributed by atoms with E-state index in [1.807, 2.05) is 0 Å². The van der Waals surface area contributed by atoms with E-state index in [0.29, 0.717) is 17.5 Å². The second-order valence-electron chi connectivity index (χ2n) is 3.54. The molecule has 1 amide bonds. The van der Waals surface area contributed by atoms with Gasteiger partial charge in [-0.2, -0.15) is 0 Å². The molecule has 100 valence electrons. The first-order chi connectivity index (χ1) is 8.03. The maximum absolute atomic E-state index is 11.9. The Balaban J connectivity index is 3.33. The lowest BCUT2D eigenvalue weighted by molar-refractivity contribution is 0.0923. The van der Waals surface area contributed by atoms with Gasteiger partial charge in [0.1, 0.15) is 0 Å². The van der Waals surface area contributed by atoms with Gasteiger partial charge in [0, 0.05) is 10.6 Å². The zero-order valence-electron chi connectivity index (χ0n) is 9.49. The van der Waals surface area contributed by atoms with Crippen LogP contribution in [0.4, 0.5) is 0 Å².